The first-order valence-corrected chi connectivity index (χ1v) is 9.30. The highest BCUT2D eigenvalue weighted by atomic mass is 16.2. The molecule has 0 saturated heterocycles. The number of carbonyl (C=O) groups is 2. The Labute approximate surface area is 171 Å². The van der Waals surface area contributed by atoms with Crippen molar-refractivity contribution in [2.24, 2.45) is 0 Å². The average Bonchev–Trinajstić information content (AvgIpc) is 3.07. The lowest BCUT2D eigenvalue weighted by atomic mass is 10.1. The zero-order valence-electron chi connectivity index (χ0n) is 16.4. The Balaban J connectivity index is 1.56. The fourth-order valence-electron chi connectivity index (χ4n) is 3.49. The van der Waals surface area contributed by atoms with Gasteiger partial charge in [-0.2, -0.15) is 5.10 Å². The molecule has 2 aromatic heterocycles. The van der Waals surface area contributed by atoms with Crippen molar-refractivity contribution >= 4 is 22.6 Å². The molecule has 8 nitrogen and oxygen atoms in total. The van der Waals surface area contributed by atoms with Crippen molar-refractivity contribution in [2.45, 2.75) is 13.8 Å². The zero-order chi connectivity index (χ0) is 21.3. The van der Waals surface area contributed by atoms with Gasteiger partial charge in [0.2, 0.25) is 0 Å². The molecule has 4 aromatic rings. The number of aryl methyl sites for hydroxylation is 1. The summed E-state index contributed by atoms with van der Waals surface area (Å²) in [7, 11) is 0. The third-order valence-electron chi connectivity index (χ3n) is 4.89. The van der Waals surface area contributed by atoms with Crippen molar-refractivity contribution in [2.75, 3.05) is 0 Å². The summed E-state index contributed by atoms with van der Waals surface area (Å²) in [6.07, 6.45) is 0. The third kappa shape index (κ3) is 3.35. The molecule has 4 rings (SSSR count). The van der Waals surface area contributed by atoms with E-state index in [0.29, 0.717) is 16.3 Å². The van der Waals surface area contributed by atoms with Gasteiger partial charge in [0.05, 0.1) is 10.9 Å². The molecule has 0 fully saturated rings. The summed E-state index contributed by atoms with van der Waals surface area (Å²) in [6, 6.07) is 18.1. The molecule has 0 aliphatic rings. The van der Waals surface area contributed by atoms with Crippen LogP contribution in [0.5, 0.6) is 0 Å². The lowest BCUT2D eigenvalue weighted by Crippen LogP contribution is -2.42. The Morgan fingerprint density at radius 1 is 0.900 bits per heavy atom. The van der Waals surface area contributed by atoms with Gasteiger partial charge in [-0.05, 0) is 38.1 Å². The second-order valence-electron chi connectivity index (χ2n) is 6.81. The highest BCUT2D eigenvalue weighted by Crippen LogP contribution is 2.20. The van der Waals surface area contributed by atoms with Gasteiger partial charge >= 0.3 is 0 Å². The number of benzene rings is 2. The first kappa shape index (κ1) is 19.1. The molecule has 150 valence electrons. The second-order valence-corrected chi connectivity index (χ2v) is 6.81. The normalized spacial score (nSPS) is 10.7. The van der Waals surface area contributed by atoms with Gasteiger partial charge in [0.15, 0.2) is 5.69 Å². The molecule has 0 spiro atoms. The van der Waals surface area contributed by atoms with Crippen molar-refractivity contribution in [3.05, 3.63) is 93.7 Å². The van der Waals surface area contributed by atoms with Crippen molar-refractivity contribution < 1.29 is 9.59 Å². The quantitative estimate of drug-likeness (QED) is 0.458. The van der Waals surface area contributed by atoms with E-state index in [1.54, 1.807) is 30.3 Å². The van der Waals surface area contributed by atoms with Gasteiger partial charge in [0.1, 0.15) is 0 Å². The lowest BCUT2D eigenvalue weighted by molar-refractivity contribution is 0.0844. The smallest absolute Gasteiger partial charge is 0.290 e. The number of hydrogen-bond acceptors (Lipinski definition) is 4. The maximum atomic E-state index is 12.7. The van der Waals surface area contributed by atoms with E-state index in [-0.39, 0.29) is 11.3 Å². The van der Waals surface area contributed by atoms with Gasteiger partial charge in [-0.1, -0.05) is 36.4 Å². The molecule has 0 saturated carbocycles. The molecule has 0 atom stereocenters. The number of hydrogen-bond donors (Lipinski definition) is 3. The summed E-state index contributed by atoms with van der Waals surface area (Å²) in [6.45, 7) is 3.75. The molecule has 0 radical (unpaired) electrons. The number of rotatable bonds is 3. The Bertz CT molecular complexity index is 1320. The van der Waals surface area contributed by atoms with Crippen LogP contribution in [0.15, 0.2) is 65.5 Å². The predicted molar refractivity (Wildman–Crippen MR) is 113 cm³/mol. The maximum absolute atomic E-state index is 12.7. The number of nitrogens with one attached hydrogen (secondary N) is 3. The van der Waals surface area contributed by atoms with Crippen LogP contribution in [-0.4, -0.2) is 26.6 Å². The van der Waals surface area contributed by atoms with E-state index in [4.69, 9.17) is 0 Å². The van der Waals surface area contributed by atoms with Crippen LogP contribution in [0, 0.1) is 13.8 Å². The van der Waals surface area contributed by atoms with E-state index < -0.39 is 11.8 Å². The SMILES string of the molecule is Cc1cc(C(=O)NNC(=O)c2n[nH]c(=O)c3ccccc23)c(C)n1-c1ccccc1. The van der Waals surface area contributed by atoms with Crippen LogP contribution < -0.4 is 16.4 Å². The Morgan fingerprint density at radius 3 is 2.27 bits per heavy atom. The van der Waals surface area contributed by atoms with E-state index in [9.17, 15) is 14.4 Å². The van der Waals surface area contributed by atoms with Crippen molar-refractivity contribution in [1.29, 1.82) is 0 Å². The fraction of sp³-hybridized carbons (Fsp3) is 0.0909. The van der Waals surface area contributed by atoms with Crippen molar-refractivity contribution in [1.82, 2.24) is 25.6 Å². The average molecular weight is 401 g/mol. The highest BCUT2D eigenvalue weighted by Gasteiger charge is 2.19. The molecule has 0 bridgehead atoms. The number of para-hydroxylation sites is 1. The zero-order valence-corrected chi connectivity index (χ0v) is 16.4. The number of carbonyl (C=O) groups excluding carboxylic acids is 2. The summed E-state index contributed by atoms with van der Waals surface area (Å²) >= 11 is 0. The molecule has 3 N–H and O–H groups in total. The molecule has 2 heterocycles. The number of H-pyrrole nitrogens is 1. The van der Waals surface area contributed by atoms with Crippen LogP contribution in [0.4, 0.5) is 0 Å². The van der Waals surface area contributed by atoms with Gasteiger partial charge in [-0.3, -0.25) is 25.2 Å². The summed E-state index contributed by atoms with van der Waals surface area (Å²) in [5.41, 5.74) is 7.45. The molecule has 8 heteroatoms. The molecule has 30 heavy (non-hydrogen) atoms. The van der Waals surface area contributed by atoms with Gasteiger partial charge in [-0.25, -0.2) is 5.10 Å². The Morgan fingerprint density at radius 2 is 1.53 bits per heavy atom. The predicted octanol–water partition coefficient (Wildman–Crippen LogP) is 2.41. The van der Waals surface area contributed by atoms with Crippen LogP contribution in [0.2, 0.25) is 0 Å². The van der Waals surface area contributed by atoms with Crippen LogP contribution >= 0.6 is 0 Å². The minimum absolute atomic E-state index is 0.0141. The topological polar surface area (TPSA) is 109 Å². The van der Waals surface area contributed by atoms with Crippen LogP contribution in [-0.2, 0) is 0 Å². The molecule has 0 aliphatic carbocycles. The van der Waals surface area contributed by atoms with Crippen LogP contribution in [0.3, 0.4) is 0 Å². The molecule has 0 unspecified atom stereocenters. The number of amides is 2. The molecule has 0 aliphatic heterocycles. The van der Waals surface area contributed by atoms with E-state index in [1.807, 2.05) is 48.7 Å². The number of aromatic nitrogens is 3. The minimum Gasteiger partial charge on any atom is -0.318 e. The van der Waals surface area contributed by atoms with Crippen LogP contribution in [0.25, 0.3) is 16.5 Å². The van der Waals surface area contributed by atoms with E-state index in [0.717, 1.165) is 17.1 Å². The number of nitrogens with zero attached hydrogens (tertiary/aromatic N) is 2. The molecular weight excluding hydrogens is 382 g/mol. The second kappa shape index (κ2) is 7.67. The molecule has 2 amide bonds. The maximum Gasteiger partial charge on any atom is 0.290 e. The van der Waals surface area contributed by atoms with Crippen molar-refractivity contribution in [3.8, 4) is 5.69 Å². The monoisotopic (exact) mass is 401 g/mol. The van der Waals surface area contributed by atoms with Gasteiger partial charge < -0.3 is 4.57 Å². The van der Waals surface area contributed by atoms with Crippen molar-refractivity contribution in [3.63, 3.8) is 0 Å². The first-order chi connectivity index (χ1) is 14.5. The van der Waals surface area contributed by atoms with E-state index >= 15 is 0 Å². The Hall–Kier alpha value is -4.20. The minimum atomic E-state index is -0.632. The molecular formula is C22H19N5O3. The summed E-state index contributed by atoms with van der Waals surface area (Å²) < 4.78 is 1.97. The van der Waals surface area contributed by atoms with Gasteiger partial charge in [-0.15, -0.1) is 0 Å². The van der Waals surface area contributed by atoms with Gasteiger partial charge in [0, 0.05) is 22.5 Å². The van der Waals surface area contributed by atoms with E-state index in [1.165, 1.54) is 0 Å². The van der Waals surface area contributed by atoms with E-state index in [2.05, 4.69) is 21.0 Å². The summed E-state index contributed by atoms with van der Waals surface area (Å²) in [5.74, 6) is -1.08. The third-order valence-corrected chi connectivity index (χ3v) is 4.89. The Kier molecular flexibility index (Phi) is 4.89. The van der Waals surface area contributed by atoms with Gasteiger partial charge in [0.25, 0.3) is 17.4 Å². The largest absolute Gasteiger partial charge is 0.318 e. The summed E-state index contributed by atoms with van der Waals surface area (Å²) in [5, 5.41) is 6.87. The van der Waals surface area contributed by atoms with Crippen LogP contribution in [0.1, 0.15) is 32.2 Å². The summed E-state index contributed by atoms with van der Waals surface area (Å²) in [4.78, 5) is 37.1. The molecule has 2 aromatic carbocycles. The number of fused-ring (bicyclic) bond motifs is 1. The number of hydrazine groups is 1. The highest BCUT2D eigenvalue weighted by molar-refractivity contribution is 6.06. The standard InChI is InChI=1S/C22H19N5O3/c1-13-12-18(14(2)27(13)15-8-4-3-5-9-15)21(29)25-26-22(30)19-16-10-6-7-11-17(16)20(28)24-23-19/h3-12H,1-2H3,(H,24,28)(H,25,29)(H,26,30). The fourth-order valence-corrected chi connectivity index (χ4v) is 3.49. The lowest BCUT2D eigenvalue weighted by Gasteiger charge is -2.10. The number of aromatic amines is 1. The first-order valence-electron chi connectivity index (χ1n) is 9.30.